The van der Waals surface area contributed by atoms with E-state index in [0.717, 1.165) is 18.5 Å². The van der Waals surface area contributed by atoms with Crippen LogP contribution >= 0.6 is 0 Å². The van der Waals surface area contributed by atoms with Crippen molar-refractivity contribution >= 4 is 11.8 Å². The molecular formula is C13H18N2O3. The lowest BCUT2D eigenvalue weighted by Crippen LogP contribution is -2.32. The molecule has 0 saturated carbocycles. The highest BCUT2D eigenvalue weighted by Gasteiger charge is 2.22. The number of hydrogen-bond acceptors (Lipinski definition) is 4. The van der Waals surface area contributed by atoms with Gasteiger partial charge >= 0.3 is 5.97 Å². The van der Waals surface area contributed by atoms with Crippen molar-refractivity contribution in [3.05, 3.63) is 23.4 Å². The number of carboxylic acids is 1. The molecular weight excluding hydrogens is 232 g/mol. The predicted molar refractivity (Wildman–Crippen MR) is 68.2 cm³/mol. The molecule has 0 radical (unpaired) electrons. The van der Waals surface area contributed by atoms with Gasteiger partial charge in [-0.15, -0.1) is 0 Å². The Bertz CT molecular complexity index is 448. The molecule has 2 heterocycles. The molecule has 5 nitrogen and oxygen atoms in total. The molecule has 0 bridgehead atoms. The second-order valence-corrected chi connectivity index (χ2v) is 4.61. The zero-order valence-corrected chi connectivity index (χ0v) is 10.7. The van der Waals surface area contributed by atoms with Crippen molar-refractivity contribution in [2.75, 3.05) is 24.6 Å². The molecule has 1 aromatic rings. The summed E-state index contributed by atoms with van der Waals surface area (Å²) in [5.41, 5.74) is 1.04. The van der Waals surface area contributed by atoms with Gasteiger partial charge in [-0.25, -0.2) is 9.78 Å². The monoisotopic (exact) mass is 250 g/mol. The van der Waals surface area contributed by atoms with Crippen LogP contribution in [0.4, 0.5) is 5.82 Å². The standard InChI is InChI=1S/C13H18N2O3/c1-9-4-5-14-12(11(9)13(16)17)15-6-3-7-18-10(2)8-15/h4-5,10H,3,6-8H2,1-2H3,(H,16,17). The zero-order chi connectivity index (χ0) is 13.1. The van der Waals surface area contributed by atoms with Gasteiger partial charge in [0.1, 0.15) is 11.4 Å². The van der Waals surface area contributed by atoms with Crippen molar-refractivity contribution in [2.45, 2.75) is 26.4 Å². The number of ether oxygens (including phenoxy) is 1. The lowest BCUT2D eigenvalue weighted by atomic mass is 10.1. The zero-order valence-electron chi connectivity index (χ0n) is 10.7. The van der Waals surface area contributed by atoms with Crippen LogP contribution in [0.1, 0.15) is 29.3 Å². The minimum atomic E-state index is -0.923. The van der Waals surface area contributed by atoms with E-state index < -0.39 is 5.97 Å². The number of hydrogen-bond donors (Lipinski definition) is 1. The van der Waals surface area contributed by atoms with Crippen LogP contribution in [0.15, 0.2) is 12.3 Å². The van der Waals surface area contributed by atoms with Crippen molar-refractivity contribution in [3.8, 4) is 0 Å². The average Bonchev–Trinajstić information content (AvgIpc) is 2.53. The molecule has 1 saturated heterocycles. The summed E-state index contributed by atoms with van der Waals surface area (Å²) in [6.07, 6.45) is 2.64. The molecule has 1 atom stereocenters. The van der Waals surface area contributed by atoms with Crippen molar-refractivity contribution in [2.24, 2.45) is 0 Å². The molecule has 1 aromatic heterocycles. The van der Waals surface area contributed by atoms with Crippen molar-refractivity contribution in [1.82, 2.24) is 4.98 Å². The normalized spacial score (nSPS) is 20.6. The van der Waals surface area contributed by atoms with E-state index in [4.69, 9.17) is 4.74 Å². The van der Waals surface area contributed by atoms with Crippen LogP contribution in [-0.2, 0) is 4.74 Å². The van der Waals surface area contributed by atoms with E-state index in [1.165, 1.54) is 0 Å². The number of aryl methyl sites for hydroxylation is 1. The number of rotatable bonds is 2. The molecule has 0 aromatic carbocycles. The summed E-state index contributed by atoms with van der Waals surface area (Å²) in [5, 5.41) is 9.32. The maximum atomic E-state index is 11.4. The molecule has 5 heteroatoms. The van der Waals surface area contributed by atoms with Crippen LogP contribution in [0.25, 0.3) is 0 Å². The molecule has 1 N–H and O–H groups in total. The van der Waals surface area contributed by atoms with Gasteiger partial charge in [0.25, 0.3) is 0 Å². The van der Waals surface area contributed by atoms with E-state index in [1.54, 1.807) is 19.2 Å². The Morgan fingerprint density at radius 3 is 3.11 bits per heavy atom. The first-order valence-electron chi connectivity index (χ1n) is 6.15. The Kier molecular flexibility index (Phi) is 3.81. The van der Waals surface area contributed by atoms with Crippen LogP contribution in [0.5, 0.6) is 0 Å². The van der Waals surface area contributed by atoms with Crippen molar-refractivity contribution < 1.29 is 14.6 Å². The van der Waals surface area contributed by atoms with Gasteiger partial charge in [-0.1, -0.05) is 0 Å². The Balaban J connectivity index is 2.37. The van der Waals surface area contributed by atoms with Crippen molar-refractivity contribution in [3.63, 3.8) is 0 Å². The molecule has 2 rings (SSSR count). The predicted octanol–water partition coefficient (Wildman–Crippen LogP) is 1.70. The van der Waals surface area contributed by atoms with Gasteiger partial charge < -0.3 is 14.7 Å². The van der Waals surface area contributed by atoms with Gasteiger partial charge in [0.15, 0.2) is 0 Å². The summed E-state index contributed by atoms with van der Waals surface area (Å²) in [5.74, 6) is -0.367. The number of pyridine rings is 1. The van der Waals surface area contributed by atoms with E-state index in [9.17, 15) is 9.90 Å². The summed E-state index contributed by atoms with van der Waals surface area (Å²) in [4.78, 5) is 17.6. The molecule has 18 heavy (non-hydrogen) atoms. The van der Waals surface area contributed by atoms with E-state index in [1.807, 2.05) is 11.8 Å². The Hall–Kier alpha value is -1.62. The molecule has 1 fully saturated rings. The summed E-state index contributed by atoms with van der Waals surface area (Å²) < 4.78 is 5.57. The first-order chi connectivity index (χ1) is 8.59. The van der Waals surface area contributed by atoms with E-state index in [0.29, 0.717) is 24.5 Å². The van der Waals surface area contributed by atoms with Crippen LogP contribution in [-0.4, -0.2) is 41.9 Å². The Labute approximate surface area is 106 Å². The van der Waals surface area contributed by atoms with E-state index in [-0.39, 0.29) is 6.10 Å². The number of aromatic carboxylic acids is 1. The summed E-state index contributed by atoms with van der Waals surface area (Å²) in [7, 11) is 0. The summed E-state index contributed by atoms with van der Waals surface area (Å²) in [6, 6.07) is 1.73. The Morgan fingerprint density at radius 1 is 1.61 bits per heavy atom. The number of carboxylic acid groups (broad SMARTS) is 1. The van der Waals surface area contributed by atoms with Gasteiger partial charge in [0.05, 0.1) is 6.10 Å². The minimum absolute atomic E-state index is 0.0939. The number of anilines is 1. The van der Waals surface area contributed by atoms with E-state index >= 15 is 0 Å². The molecule has 0 amide bonds. The molecule has 0 spiro atoms. The smallest absolute Gasteiger partial charge is 0.339 e. The highest BCUT2D eigenvalue weighted by molar-refractivity contribution is 5.94. The first kappa shape index (κ1) is 12.8. The molecule has 1 aliphatic rings. The highest BCUT2D eigenvalue weighted by atomic mass is 16.5. The molecule has 0 aliphatic carbocycles. The van der Waals surface area contributed by atoms with Gasteiger partial charge in [0.2, 0.25) is 0 Å². The highest BCUT2D eigenvalue weighted by Crippen LogP contribution is 2.23. The van der Waals surface area contributed by atoms with Gasteiger partial charge in [0, 0.05) is 25.9 Å². The number of aromatic nitrogens is 1. The van der Waals surface area contributed by atoms with Crippen LogP contribution < -0.4 is 4.90 Å². The van der Waals surface area contributed by atoms with Crippen molar-refractivity contribution in [1.29, 1.82) is 0 Å². The maximum Gasteiger partial charge on any atom is 0.339 e. The molecule has 1 unspecified atom stereocenters. The SMILES string of the molecule is Cc1ccnc(N2CCCOC(C)C2)c1C(=O)O. The minimum Gasteiger partial charge on any atom is -0.478 e. The molecule has 1 aliphatic heterocycles. The average molecular weight is 250 g/mol. The quantitative estimate of drug-likeness (QED) is 0.865. The summed E-state index contributed by atoms with van der Waals surface area (Å²) in [6.45, 7) is 5.96. The third-order valence-electron chi connectivity index (χ3n) is 3.10. The third kappa shape index (κ3) is 2.61. The fraction of sp³-hybridized carbons (Fsp3) is 0.538. The topological polar surface area (TPSA) is 62.7 Å². The van der Waals surface area contributed by atoms with Gasteiger partial charge in [-0.05, 0) is 31.9 Å². The molecule has 98 valence electrons. The number of nitrogens with zero attached hydrogens (tertiary/aromatic N) is 2. The number of carbonyl (C=O) groups is 1. The Morgan fingerprint density at radius 2 is 2.39 bits per heavy atom. The fourth-order valence-corrected chi connectivity index (χ4v) is 2.23. The van der Waals surface area contributed by atoms with Crippen LogP contribution in [0.3, 0.4) is 0 Å². The van der Waals surface area contributed by atoms with Crippen LogP contribution in [0.2, 0.25) is 0 Å². The van der Waals surface area contributed by atoms with Crippen LogP contribution in [0, 0.1) is 6.92 Å². The van der Waals surface area contributed by atoms with Gasteiger partial charge in [-0.2, -0.15) is 0 Å². The first-order valence-corrected chi connectivity index (χ1v) is 6.15. The van der Waals surface area contributed by atoms with Gasteiger partial charge in [-0.3, -0.25) is 0 Å². The summed E-state index contributed by atoms with van der Waals surface area (Å²) >= 11 is 0. The fourth-order valence-electron chi connectivity index (χ4n) is 2.23. The lowest BCUT2D eigenvalue weighted by molar-refractivity contribution is 0.0695. The second kappa shape index (κ2) is 5.35. The van der Waals surface area contributed by atoms with E-state index in [2.05, 4.69) is 4.98 Å². The maximum absolute atomic E-state index is 11.4. The second-order valence-electron chi connectivity index (χ2n) is 4.61. The lowest BCUT2D eigenvalue weighted by Gasteiger charge is -2.25. The third-order valence-corrected chi connectivity index (χ3v) is 3.10. The largest absolute Gasteiger partial charge is 0.478 e.